The number of hydrogen-bond donors (Lipinski definition) is 2. The van der Waals surface area contributed by atoms with Crippen LogP contribution in [0.3, 0.4) is 0 Å². The Morgan fingerprint density at radius 3 is 2.45 bits per heavy atom. The van der Waals surface area contributed by atoms with Crippen LogP contribution in [-0.2, 0) is 4.79 Å². The minimum atomic E-state index is -1.09. The van der Waals surface area contributed by atoms with Gasteiger partial charge in [-0.1, -0.05) is 29.3 Å². The largest absolute Gasteiger partial charge is 0.481 e. The van der Waals surface area contributed by atoms with Gasteiger partial charge < -0.3 is 10.8 Å². The second-order valence-corrected chi connectivity index (χ2v) is 5.81. The second-order valence-electron chi connectivity index (χ2n) is 5.00. The topological polar surface area (TPSA) is 63.3 Å². The lowest BCUT2D eigenvalue weighted by molar-refractivity contribution is -0.137. The van der Waals surface area contributed by atoms with E-state index in [2.05, 4.69) is 0 Å². The molecule has 0 bridgehead atoms. The number of carbonyl (C=O) groups is 1. The molecule has 6 heteroatoms. The first-order chi connectivity index (χ1) is 10.3. The SMILES string of the molecule is Cc1cc(-c2c(Cl)cccc2Cl)cc(C(N)CC(=O)O)c1F. The lowest BCUT2D eigenvalue weighted by atomic mass is 9.95. The van der Waals surface area contributed by atoms with Crippen molar-refractivity contribution in [1.82, 2.24) is 0 Å². The molecule has 2 rings (SSSR count). The van der Waals surface area contributed by atoms with Crippen molar-refractivity contribution < 1.29 is 14.3 Å². The summed E-state index contributed by atoms with van der Waals surface area (Å²) in [7, 11) is 0. The number of nitrogens with two attached hydrogens (primary N) is 1. The van der Waals surface area contributed by atoms with E-state index in [9.17, 15) is 9.18 Å². The number of benzene rings is 2. The number of aryl methyl sites for hydroxylation is 1. The van der Waals surface area contributed by atoms with Crippen molar-refractivity contribution in [1.29, 1.82) is 0 Å². The average Bonchev–Trinajstić information content (AvgIpc) is 2.41. The van der Waals surface area contributed by atoms with Gasteiger partial charge in [0.15, 0.2) is 0 Å². The third-order valence-corrected chi connectivity index (χ3v) is 3.96. The highest BCUT2D eigenvalue weighted by Gasteiger charge is 2.19. The molecule has 0 radical (unpaired) electrons. The van der Waals surface area contributed by atoms with E-state index in [0.717, 1.165) is 0 Å². The maximum Gasteiger partial charge on any atom is 0.305 e. The van der Waals surface area contributed by atoms with Crippen LogP contribution in [0, 0.1) is 12.7 Å². The zero-order valence-corrected chi connectivity index (χ0v) is 13.2. The second kappa shape index (κ2) is 6.65. The number of rotatable bonds is 4. The maximum absolute atomic E-state index is 14.3. The van der Waals surface area contributed by atoms with Crippen molar-refractivity contribution in [3.63, 3.8) is 0 Å². The Labute approximate surface area is 137 Å². The molecule has 2 aromatic rings. The summed E-state index contributed by atoms with van der Waals surface area (Å²) in [6, 6.07) is 7.23. The zero-order chi connectivity index (χ0) is 16.4. The molecule has 0 heterocycles. The third-order valence-electron chi connectivity index (χ3n) is 3.33. The first-order valence-corrected chi connectivity index (χ1v) is 7.28. The van der Waals surface area contributed by atoms with Crippen LogP contribution < -0.4 is 5.73 Å². The van der Waals surface area contributed by atoms with Crippen LogP contribution in [0.25, 0.3) is 11.1 Å². The highest BCUT2D eigenvalue weighted by molar-refractivity contribution is 6.39. The van der Waals surface area contributed by atoms with Gasteiger partial charge in [-0.2, -0.15) is 0 Å². The molecule has 0 aliphatic heterocycles. The molecule has 0 aromatic heterocycles. The molecule has 2 aromatic carbocycles. The van der Waals surface area contributed by atoms with Crippen LogP contribution in [0.15, 0.2) is 30.3 Å². The highest BCUT2D eigenvalue weighted by Crippen LogP contribution is 2.37. The fraction of sp³-hybridized carbons (Fsp3) is 0.188. The number of aliphatic carboxylic acids is 1. The van der Waals surface area contributed by atoms with Gasteiger partial charge in [-0.25, -0.2) is 4.39 Å². The Morgan fingerprint density at radius 1 is 1.32 bits per heavy atom. The molecule has 0 saturated heterocycles. The van der Waals surface area contributed by atoms with Gasteiger partial charge in [-0.3, -0.25) is 4.79 Å². The van der Waals surface area contributed by atoms with Crippen LogP contribution in [-0.4, -0.2) is 11.1 Å². The zero-order valence-electron chi connectivity index (χ0n) is 11.7. The molecular formula is C16H14Cl2FNO2. The Morgan fingerprint density at radius 2 is 1.91 bits per heavy atom. The summed E-state index contributed by atoms with van der Waals surface area (Å²) in [4.78, 5) is 10.8. The van der Waals surface area contributed by atoms with Crippen molar-refractivity contribution in [2.24, 2.45) is 5.73 Å². The quantitative estimate of drug-likeness (QED) is 0.855. The molecule has 0 saturated carbocycles. The summed E-state index contributed by atoms with van der Waals surface area (Å²) in [6.45, 7) is 1.58. The average molecular weight is 342 g/mol. The van der Waals surface area contributed by atoms with Gasteiger partial charge in [-0.05, 0) is 42.3 Å². The van der Waals surface area contributed by atoms with Crippen LogP contribution >= 0.6 is 23.2 Å². The molecule has 116 valence electrons. The minimum Gasteiger partial charge on any atom is -0.481 e. The van der Waals surface area contributed by atoms with E-state index < -0.39 is 17.8 Å². The van der Waals surface area contributed by atoms with E-state index in [4.69, 9.17) is 34.0 Å². The summed E-state index contributed by atoms with van der Waals surface area (Å²) >= 11 is 12.3. The van der Waals surface area contributed by atoms with E-state index >= 15 is 0 Å². The first-order valence-electron chi connectivity index (χ1n) is 6.53. The molecule has 0 amide bonds. The molecule has 0 spiro atoms. The van der Waals surface area contributed by atoms with Crippen molar-refractivity contribution >= 4 is 29.2 Å². The van der Waals surface area contributed by atoms with Crippen LogP contribution in [0.5, 0.6) is 0 Å². The lowest BCUT2D eigenvalue weighted by Crippen LogP contribution is -2.17. The molecule has 1 atom stereocenters. The van der Waals surface area contributed by atoms with Crippen molar-refractivity contribution in [2.45, 2.75) is 19.4 Å². The van der Waals surface area contributed by atoms with Gasteiger partial charge in [0, 0.05) is 27.2 Å². The Kier molecular flexibility index (Phi) is 5.06. The molecule has 1 unspecified atom stereocenters. The standard InChI is InChI=1S/C16H14Cl2FNO2/c1-8-5-9(15-11(17)3-2-4-12(15)18)6-10(16(8)19)13(20)7-14(21)22/h2-6,13H,7,20H2,1H3,(H,21,22). The molecule has 0 fully saturated rings. The summed E-state index contributed by atoms with van der Waals surface area (Å²) < 4.78 is 14.3. The van der Waals surface area contributed by atoms with Crippen LogP contribution in [0.1, 0.15) is 23.6 Å². The van der Waals surface area contributed by atoms with Gasteiger partial charge in [0.25, 0.3) is 0 Å². The Hall–Kier alpha value is -1.62. The van der Waals surface area contributed by atoms with Crippen molar-refractivity contribution in [3.05, 3.63) is 57.3 Å². The van der Waals surface area contributed by atoms with Gasteiger partial charge in [0.05, 0.1) is 6.42 Å². The smallest absolute Gasteiger partial charge is 0.305 e. The van der Waals surface area contributed by atoms with E-state index in [-0.39, 0.29) is 12.0 Å². The van der Waals surface area contributed by atoms with Gasteiger partial charge >= 0.3 is 5.97 Å². The fourth-order valence-corrected chi connectivity index (χ4v) is 2.90. The van der Waals surface area contributed by atoms with Gasteiger partial charge in [0.1, 0.15) is 5.82 Å². The molecule has 0 aliphatic rings. The predicted molar refractivity (Wildman–Crippen MR) is 85.8 cm³/mol. The summed E-state index contributed by atoms with van der Waals surface area (Å²) in [6.07, 6.45) is -0.365. The predicted octanol–water partition coefficient (Wildman–Crippen LogP) is 4.58. The van der Waals surface area contributed by atoms with Gasteiger partial charge in [-0.15, -0.1) is 0 Å². The third kappa shape index (κ3) is 3.40. The number of carboxylic acid groups (broad SMARTS) is 1. The number of hydrogen-bond acceptors (Lipinski definition) is 2. The maximum atomic E-state index is 14.3. The fourth-order valence-electron chi connectivity index (χ4n) is 2.28. The monoisotopic (exact) mass is 341 g/mol. The number of halogens is 3. The van der Waals surface area contributed by atoms with E-state index in [0.29, 0.717) is 26.7 Å². The molecule has 0 aliphatic carbocycles. The number of carboxylic acids is 1. The van der Waals surface area contributed by atoms with Crippen molar-refractivity contribution in [2.75, 3.05) is 0 Å². The van der Waals surface area contributed by atoms with Crippen LogP contribution in [0.2, 0.25) is 10.0 Å². The van der Waals surface area contributed by atoms with E-state index in [1.807, 2.05) is 0 Å². The lowest BCUT2D eigenvalue weighted by Gasteiger charge is -2.16. The van der Waals surface area contributed by atoms with Crippen molar-refractivity contribution in [3.8, 4) is 11.1 Å². The van der Waals surface area contributed by atoms with Gasteiger partial charge in [0.2, 0.25) is 0 Å². The summed E-state index contributed by atoms with van der Waals surface area (Å²) in [5, 5.41) is 9.69. The van der Waals surface area contributed by atoms with E-state index in [1.165, 1.54) is 6.07 Å². The minimum absolute atomic E-state index is 0.133. The molecule has 3 N–H and O–H groups in total. The van der Waals surface area contributed by atoms with E-state index in [1.54, 1.807) is 31.2 Å². The molecule has 22 heavy (non-hydrogen) atoms. The summed E-state index contributed by atoms with van der Waals surface area (Å²) in [5.74, 6) is -1.61. The molecular weight excluding hydrogens is 328 g/mol. The normalized spacial score (nSPS) is 12.2. The molecule has 3 nitrogen and oxygen atoms in total. The highest BCUT2D eigenvalue weighted by atomic mass is 35.5. The Bertz CT molecular complexity index is 714. The Balaban J connectivity index is 2.60. The first kappa shape index (κ1) is 16.7. The summed E-state index contributed by atoms with van der Waals surface area (Å²) in [5.41, 5.74) is 7.46. The van der Waals surface area contributed by atoms with Crippen LogP contribution in [0.4, 0.5) is 4.39 Å².